The number of fused-ring (bicyclic) bond motifs is 1. The molecule has 1 unspecified atom stereocenters. The van der Waals surface area contributed by atoms with Crippen LogP contribution in [0.2, 0.25) is 0 Å². The predicted molar refractivity (Wildman–Crippen MR) is 84.3 cm³/mol. The Balaban J connectivity index is 1.81. The Morgan fingerprint density at radius 3 is 2.68 bits per heavy atom. The Kier molecular flexibility index (Phi) is 4.03. The molecule has 0 saturated carbocycles. The van der Waals surface area contributed by atoms with Crippen molar-refractivity contribution in [1.82, 2.24) is 4.90 Å². The monoisotopic (exact) mass is 336 g/mol. The first-order valence-electron chi connectivity index (χ1n) is 6.51. The minimum absolute atomic E-state index is 0.454. The summed E-state index contributed by atoms with van der Waals surface area (Å²) < 4.78 is 1.20. The fourth-order valence-electron chi connectivity index (χ4n) is 2.70. The summed E-state index contributed by atoms with van der Waals surface area (Å²) in [6.45, 7) is 2.72. The van der Waals surface area contributed by atoms with E-state index in [2.05, 4.69) is 57.2 Å². The van der Waals surface area contributed by atoms with Crippen molar-refractivity contribution in [3.8, 4) is 0 Å². The zero-order valence-corrected chi connectivity index (χ0v) is 13.1. The molecule has 2 heterocycles. The quantitative estimate of drug-likeness (QED) is 0.930. The SMILES string of the molecule is NCC1Cc2ccccc2CN1Cc1ccc(Br)s1. The highest BCUT2D eigenvalue weighted by Crippen LogP contribution is 2.28. The fraction of sp³-hybridized carbons (Fsp3) is 0.333. The zero-order valence-electron chi connectivity index (χ0n) is 10.7. The first kappa shape index (κ1) is 13.3. The summed E-state index contributed by atoms with van der Waals surface area (Å²) in [4.78, 5) is 3.89. The summed E-state index contributed by atoms with van der Waals surface area (Å²) in [5, 5.41) is 0. The van der Waals surface area contributed by atoms with Gasteiger partial charge in [0, 0.05) is 30.6 Å². The van der Waals surface area contributed by atoms with Gasteiger partial charge < -0.3 is 5.73 Å². The average molecular weight is 337 g/mol. The van der Waals surface area contributed by atoms with Gasteiger partial charge in [0.15, 0.2) is 0 Å². The summed E-state index contributed by atoms with van der Waals surface area (Å²) in [6.07, 6.45) is 1.07. The van der Waals surface area contributed by atoms with Crippen LogP contribution in [0.25, 0.3) is 0 Å². The maximum Gasteiger partial charge on any atom is 0.0701 e. The molecule has 3 rings (SSSR count). The molecule has 19 heavy (non-hydrogen) atoms. The zero-order chi connectivity index (χ0) is 13.2. The molecule has 4 heteroatoms. The van der Waals surface area contributed by atoms with Gasteiger partial charge in [-0.15, -0.1) is 11.3 Å². The van der Waals surface area contributed by atoms with Crippen molar-refractivity contribution in [2.24, 2.45) is 5.73 Å². The Morgan fingerprint density at radius 2 is 2.00 bits per heavy atom. The van der Waals surface area contributed by atoms with Crippen molar-refractivity contribution in [2.75, 3.05) is 6.54 Å². The largest absolute Gasteiger partial charge is 0.329 e. The van der Waals surface area contributed by atoms with Crippen LogP contribution in [-0.2, 0) is 19.5 Å². The number of nitrogens with two attached hydrogens (primary N) is 1. The van der Waals surface area contributed by atoms with Gasteiger partial charge in [0.1, 0.15) is 0 Å². The second-order valence-corrected chi connectivity index (χ2v) is 7.52. The number of rotatable bonds is 3. The van der Waals surface area contributed by atoms with Crippen molar-refractivity contribution in [1.29, 1.82) is 0 Å². The van der Waals surface area contributed by atoms with Crippen LogP contribution in [0.4, 0.5) is 0 Å². The molecule has 1 aliphatic heterocycles. The number of benzene rings is 1. The molecule has 2 N–H and O–H groups in total. The van der Waals surface area contributed by atoms with Crippen molar-refractivity contribution in [3.05, 3.63) is 56.2 Å². The number of hydrogen-bond donors (Lipinski definition) is 1. The molecule has 2 aromatic rings. The highest BCUT2D eigenvalue weighted by atomic mass is 79.9. The Hall–Kier alpha value is -0.680. The van der Waals surface area contributed by atoms with E-state index in [0.717, 1.165) is 26.1 Å². The van der Waals surface area contributed by atoms with Crippen LogP contribution in [0, 0.1) is 0 Å². The van der Waals surface area contributed by atoms with Crippen LogP contribution in [0.5, 0.6) is 0 Å². The molecule has 0 fully saturated rings. The predicted octanol–water partition coefficient (Wildman–Crippen LogP) is 3.40. The molecule has 0 amide bonds. The van der Waals surface area contributed by atoms with E-state index in [1.54, 1.807) is 0 Å². The number of halogens is 1. The van der Waals surface area contributed by atoms with Crippen LogP contribution in [0.3, 0.4) is 0 Å². The normalized spacial score (nSPS) is 19.4. The molecule has 1 aliphatic rings. The van der Waals surface area contributed by atoms with Gasteiger partial charge in [-0.2, -0.15) is 0 Å². The summed E-state index contributed by atoms with van der Waals surface area (Å²) in [7, 11) is 0. The number of hydrogen-bond acceptors (Lipinski definition) is 3. The second-order valence-electron chi connectivity index (χ2n) is 4.97. The molecule has 100 valence electrons. The molecule has 0 bridgehead atoms. The third-order valence-corrected chi connectivity index (χ3v) is 5.33. The van der Waals surface area contributed by atoms with Crippen molar-refractivity contribution >= 4 is 27.3 Å². The molecule has 1 atom stereocenters. The van der Waals surface area contributed by atoms with E-state index in [0.29, 0.717) is 6.04 Å². The van der Waals surface area contributed by atoms with E-state index < -0.39 is 0 Å². The van der Waals surface area contributed by atoms with E-state index in [1.165, 1.54) is 19.8 Å². The van der Waals surface area contributed by atoms with Gasteiger partial charge in [-0.25, -0.2) is 0 Å². The lowest BCUT2D eigenvalue weighted by molar-refractivity contribution is 0.168. The van der Waals surface area contributed by atoms with Crippen LogP contribution in [0.15, 0.2) is 40.2 Å². The van der Waals surface area contributed by atoms with E-state index >= 15 is 0 Å². The fourth-order valence-corrected chi connectivity index (χ4v) is 4.20. The van der Waals surface area contributed by atoms with Crippen LogP contribution < -0.4 is 5.73 Å². The molecule has 0 saturated heterocycles. The first-order valence-corrected chi connectivity index (χ1v) is 8.12. The van der Waals surface area contributed by atoms with Gasteiger partial charge in [-0.3, -0.25) is 4.90 Å². The van der Waals surface area contributed by atoms with Crippen LogP contribution in [-0.4, -0.2) is 17.5 Å². The van der Waals surface area contributed by atoms with E-state index in [1.807, 2.05) is 11.3 Å². The Labute approximate surface area is 126 Å². The molecule has 0 spiro atoms. The molecule has 0 radical (unpaired) electrons. The van der Waals surface area contributed by atoms with Gasteiger partial charge in [0.2, 0.25) is 0 Å². The van der Waals surface area contributed by atoms with Crippen molar-refractivity contribution in [3.63, 3.8) is 0 Å². The minimum atomic E-state index is 0.454. The highest BCUT2D eigenvalue weighted by molar-refractivity contribution is 9.11. The van der Waals surface area contributed by atoms with E-state index in [4.69, 9.17) is 5.73 Å². The molecular weight excluding hydrogens is 320 g/mol. The summed E-state index contributed by atoms with van der Waals surface area (Å²) >= 11 is 5.34. The first-order chi connectivity index (χ1) is 9.26. The van der Waals surface area contributed by atoms with Gasteiger partial charge >= 0.3 is 0 Å². The van der Waals surface area contributed by atoms with Crippen LogP contribution in [0.1, 0.15) is 16.0 Å². The summed E-state index contributed by atoms with van der Waals surface area (Å²) in [5.41, 5.74) is 8.87. The lowest BCUT2D eigenvalue weighted by atomic mass is 9.94. The maximum absolute atomic E-state index is 5.96. The number of nitrogens with zero attached hydrogens (tertiary/aromatic N) is 1. The molecule has 1 aromatic carbocycles. The van der Waals surface area contributed by atoms with E-state index in [9.17, 15) is 0 Å². The minimum Gasteiger partial charge on any atom is -0.329 e. The lowest BCUT2D eigenvalue weighted by Gasteiger charge is -2.36. The van der Waals surface area contributed by atoms with Crippen molar-refractivity contribution < 1.29 is 0 Å². The Bertz CT molecular complexity index is 567. The van der Waals surface area contributed by atoms with Crippen LogP contribution >= 0.6 is 27.3 Å². The highest BCUT2D eigenvalue weighted by Gasteiger charge is 2.25. The molecule has 1 aromatic heterocycles. The second kappa shape index (κ2) is 5.75. The lowest BCUT2D eigenvalue weighted by Crippen LogP contribution is -2.44. The topological polar surface area (TPSA) is 29.3 Å². The standard InChI is InChI=1S/C15H17BrN2S/c16-15-6-5-14(19-15)10-18-9-12-4-2-1-3-11(12)7-13(18)8-17/h1-6,13H,7-10,17H2. The van der Waals surface area contributed by atoms with Gasteiger partial charge in [-0.1, -0.05) is 24.3 Å². The van der Waals surface area contributed by atoms with Crippen molar-refractivity contribution in [2.45, 2.75) is 25.6 Å². The van der Waals surface area contributed by atoms with Gasteiger partial charge in [-0.05, 0) is 45.6 Å². The summed E-state index contributed by atoms with van der Waals surface area (Å²) in [6, 6.07) is 13.5. The molecule has 2 nitrogen and oxygen atoms in total. The molecule has 0 aliphatic carbocycles. The maximum atomic E-state index is 5.96. The van der Waals surface area contributed by atoms with Gasteiger partial charge in [0.25, 0.3) is 0 Å². The number of thiophene rings is 1. The summed E-state index contributed by atoms with van der Waals surface area (Å²) in [5.74, 6) is 0. The third-order valence-electron chi connectivity index (χ3n) is 3.72. The Morgan fingerprint density at radius 1 is 1.21 bits per heavy atom. The van der Waals surface area contributed by atoms with Gasteiger partial charge in [0.05, 0.1) is 3.79 Å². The smallest absolute Gasteiger partial charge is 0.0701 e. The average Bonchev–Trinajstić information content (AvgIpc) is 2.83. The van der Waals surface area contributed by atoms with E-state index in [-0.39, 0.29) is 0 Å². The molecular formula is C15H17BrN2S. The third kappa shape index (κ3) is 2.92.